The second-order valence-corrected chi connectivity index (χ2v) is 5.99. The monoisotopic (exact) mass is 328 g/mol. The number of hydrogen-bond acceptors (Lipinski definition) is 3. The maximum absolute atomic E-state index is 5.69. The summed E-state index contributed by atoms with van der Waals surface area (Å²) in [5.74, 6) is 0. The molecule has 0 unspecified atom stereocenters. The average molecular weight is 329 g/mol. The summed E-state index contributed by atoms with van der Waals surface area (Å²) in [6.45, 7) is 9.30. The van der Waals surface area contributed by atoms with E-state index in [1.165, 1.54) is 5.69 Å². The van der Waals surface area contributed by atoms with Gasteiger partial charge in [0.2, 0.25) is 0 Å². The van der Waals surface area contributed by atoms with E-state index in [-0.39, 0.29) is 12.4 Å². The van der Waals surface area contributed by atoms with Crippen LogP contribution in [-0.2, 0) is 0 Å². The van der Waals surface area contributed by atoms with Gasteiger partial charge in [0, 0.05) is 25.1 Å². The summed E-state index contributed by atoms with van der Waals surface area (Å²) in [7, 11) is 2.34. The molecule has 5 heteroatoms. The van der Waals surface area contributed by atoms with Crippen molar-refractivity contribution in [3.8, 4) is 0 Å². The Bertz CT molecular complexity index is 364. The van der Waals surface area contributed by atoms with E-state index in [0.717, 1.165) is 63.1 Å². The fourth-order valence-electron chi connectivity index (χ4n) is 2.75. The molecule has 0 atom stereocenters. The van der Waals surface area contributed by atoms with Crippen molar-refractivity contribution in [1.82, 2.24) is 0 Å². The van der Waals surface area contributed by atoms with E-state index in [1.54, 1.807) is 0 Å². The highest BCUT2D eigenvalue weighted by Crippen LogP contribution is 2.14. The highest BCUT2D eigenvalue weighted by molar-refractivity contribution is 5.45. The smallest absolute Gasteiger partial charge is 0.0962 e. The maximum atomic E-state index is 5.69. The summed E-state index contributed by atoms with van der Waals surface area (Å²) in [6.07, 6.45) is 2.16. The molecule has 22 heavy (non-hydrogen) atoms. The molecule has 0 amide bonds. The largest absolute Gasteiger partial charge is 1.00 e. The van der Waals surface area contributed by atoms with E-state index in [9.17, 15) is 0 Å². The molecule has 4 N–H and O–H groups in total. The Morgan fingerprint density at radius 1 is 0.955 bits per heavy atom. The van der Waals surface area contributed by atoms with E-state index in [0.29, 0.717) is 0 Å². The lowest BCUT2D eigenvalue weighted by Gasteiger charge is -2.37. The number of quaternary nitrogens is 1. The number of hydrogen-bond donors (Lipinski definition) is 2. The minimum Gasteiger partial charge on any atom is -1.00 e. The van der Waals surface area contributed by atoms with Crippen molar-refractivity contribution in [1.29, 1.82) is 0 Å². The molecule has 0 aliphatic heterocycles. The number of likely N-dealkylation sites (N-methyl/N-ethyl adjacent to an activating group) is 2. The first-order valence-electron chi connectivity index (χ1n) is 8.19. The molecule has 0 radical (unpaired) electrons. The van der Waals surface area contributed by atoms with Gasteiger partial charge in [-0.1, -0.05) is 18.2 Å². The predicted octanol–water partition coefficient (Wildman–Crippen LogP) is -1.34. The van der Waals surface area contributed by atoms with Gasteiger partial charge in [-0.3, -0.25) is 0 Å². The molecule has 0 bridgehead atoms. The van der Waals surface area contributed by atoms with Crippen LogP contribution in [0.4, 0.5) is 5.69 Å². The molecular weight excluding hydrogens is 296 g/mol. The molecule has 0 heterocycles. The third-order valence-electron chi connectivity index (χ3n) is 4.22. The van der Waals surface area contributed by atoms with Crippen molar-refractivity contribution < 1.29 is 16.9 Å². The minimum absolute atomic E-state index is 0. The Balaban J connectivity index is 0.00000441. The van der Waals surface area contributed by atoms with E-state index in [1.807, 2.05) is 0 Å². The Morgan fingerprint density at radius 3 is 1.95 bits per heavy atom. The zero-order valence-corrected chi connectivity index (χ0v) is 14.9. The predicted molar refractivity (Wildman–Crippen MR) is 92.5 cm³/mol. The Morgan fingerprint density at radius 2 is 1.50 bits per heavy atom. The van der Waals surface area contributed by atoms with E-state index in [4.69, 9.17) is 11.5 Å². The van der Waals surface area contributed by atoms with Gasteiger partial charge in [-0.25, -0.2) is 0 Å². The number of benzene rings is 1. The molecule has 0 saturated carbocycles. The summed E-state index contributed by atoms with van der Waals surface area (Å²) in [6, 6.07) is 10.7. The van der Waals surface area contributed by atoms with Crippen LogP contribution in [0.5, 0.6) is 0 Å². The molecule has 0 spiro atoms. The molecule has 1 aromatic carbocycles. The molecule has 0 aliphatic rings. The number of anilines is 1. The standard InChI is InChI=1S/C17H33N4.ClH/c1-3-20(17-9-5-4-6-10-17)13-16-21(2,14-7-11-18)15-8-12-19;/h4-6,9-10H,3,7-8,11-16,18-19H2,1-2H3;1H/q+1;/p-1. The molecular formula is C17H33ClN4. The van der Waals surface area contributed by atoms with Gasteiger partial charge in [0.1, 0.15) is 0 Å². The highest BCUT2D eigenvalue weighted by Gasteiger charge is 2.21. The quantitative estimate of drug-likeness (QED) is 0.495. The number of rotatable bonds is 11. The van der Waals surface area contributed by atoms with Crippen molar-refractivity contribution in [3.63, 3.8) is 0 Å². The summed E-state index contributed by atoms with van der Waals surface area (Å²) >= 11 is 0. The van der Waals surface area contributed by atoms with Crippen molar-refractivity contribution in [2.24, 2.45) is 11.5 Å². The Kier molecular flexibility index (Phi) is 11.3. The van der Waals surface area contributed by atoms with Crippen molar-refractivity contribution in [2.45, 2.75) is 19.8 Å². The average Bonchev–Trinajstić information content (AvgIpc) is 2.53. The molecule has 0 fully saturated rings. The SMILES string of the molecule is CCN(CC[N+](C)(CCCN)CCCN)c1ccccc1.[Cl-]. The molecule has 1 rings (SSSR count). The lowest BCUT2D eigenvalue weighted by atomic mass is 10.2. The van der Waals surface area contributed by atoms with Gasteiger partial charge in [-0.05, 0) is 32.1 Å². The summed E-state index contributed by atoms with van der Waals surface area (Å²) < 4.78 is 1.07. The van der Waals surface area contributed by atoms with Gasteiger partial charge in [0.15, 0.2) is 0 Å². The first kappa shape index (κ1) is 21.2. The van der Waals surface area contributed by atoms with Crippen LogP contribution < -0.4 is 28.8 Å². The van der Waals surface area contributed by atoms with Crippen LogP contribution in [0.1, 0.15) is 19.8 Å². The van der Waals surface area contributed by atoms with Gasteiger partial charge in [0.05, 0.1) is 33.2 Å². The lowest BCUT2D eigenvalue weighted by molar-refractivity contribution is -0.908. The fourth-order valence-corrected chi connectivity index (χ4v) is 2.75. The summed E-state index contributed by atoms with van der Waals surface area (Å²) in [5.41, 5.74) is 12.7. The van der Waals surface area contributed by atoms with Crippen LogP contribution in [0.2, 0.25) is 0 Å². The molecule has 0 saturated heterocycles. The maximum Gasteiger partial charge on any atom is 0.0962 e. The van der Waals surface area contributed by atoms with Gasteiger partial charge in [0.25, 0.3) is 0 Å². The Hall–Kier alpha value is -0.810. The number of para-hydroxylation sites is 1. The third kappa shape index (κ3) is 7.45. The first-order valence-corrected chi connectivity index (χ1v) is 8.19. The summed E-state index contributed by atoms with van der Waals surface area (Å²) in [4.78, 5) is 2.45. The van der Waals surface area contributed by atoms with Gasteiger partial charge < -0.3 is 33.3 Å². The number of nitrogens with two attached hydrogens (primary N) is 2. The Labute approximate surface area is 142 Å². The number of halogens is 1. The van der Waals surface area contributed by atoms with E-state index in [2.05, 4.69) is 49.2 Å². The highest BCUT2D eigenvalue weighted by atomic mass is 35.5. The molecule has 0 aromatic heterocycles. The van der Waals surface area contributed by atoms with Crippen LogP contribution in [0.15, 0.2) is 30.3 Å². The third-order valence-corrected chi connectivity index (χ3v) is 4.22. The van der Waals surface area contributed by atoms with E-state index < -0.39 is 0 Å². The second kappa shape index (κ2) is 11.7. The van der Waals surface area contributed by atoms with Gasteiger partial charge in [-0.2, -0.15) is 0 Å². The van der Waals surface area contributed by atoms with Gasteiger partial charge >= 0.3 is 0 Å². The minimum atomic E-state index is 0. The topological polar surface area (TPSA) is 55.3 Å². The van der Waals surface area contributed by atoms with Crippen LogP contribution in [0.3, 0.4) is 0 Å². The fraction of sp³-hybridized carbons (Fsp3) is 0.647. The van der Waals surface area contributed by atoms with Crippen LogP contribution in [-0.4, -0.2) is 57.3 Å². The summed E-state index contributed by atoms with van der Waals surface area (Å²) in [5, 5.41) is 0. The zero-order chi connectivity index (χ0) is 15.6. The van der Waals surface area contributed by atoms with Crippen molar-refractivity contribution >= 4 is 5.69 Å². The number of nitrogens with zero attached hydrogens (tertiary/aromatic N) is 2. The normalized spacial score (nSPS) is 11.1. The zero-order valence-electron chi connectivity index (χ0n) is 14.2. The molecule has 4 nitrogen and oxygen atoms in total. The molecule has 128 valence electrons. The van der Waals surface area contributed by atoms with Crippen LogP contribution in [0.25, 0.3) is 0 Å². The van der Waals surface area contributed by atoms with Crippen LogP contribution >= 0.6 is 0 Å². The lowest BCUT2D eigenvalue weighted by Crippen LogP contribution is -3.00. The molecule has 0 aliphatic carbocycles. The molecule has 1 aromatic rings. The second-order valence-electron chi connectivity index (χ2n) is 5.99. The van der Waals surface area contributed by atoms with Gasteiger partial charge in [-0.15, -0.1) is 0 Å². The van der Waals surface area contributed by atoms with Crippen molar-refractivity contribution in [3.05, 3.63) is 30.3 Å². The van der Waals surface area contributed by atoms with E-state index >= 15 is 0 Å². The van der Waals surface area contributed by atoms with Crippen LogP contribution in [0, 0.1) is 0 Å². The first-order chi connectivity index (χ1) is 10.1. The van der Waals surface area contributed by atoms with Crippen molar-refractivity contribution in [2.75, 3.05) is 57.8 Å².